The lowest BCUT2D eigenvalue weighted by atomic mass is 9.84. The van der Waals surface area contributed by atoms with Crippen molar-refractivity contribution in [2.75, 3.05) is 26.2 Å². The van der Waals surface area contributed by atoms with Crippen LogP contribution in [0.3, 0.4) is 0 Å². The quantitative estimate of drug-likeness (QED) is 0.713. The number of piperazine rings is 1. The van der Waals surface area contributed by atoms with Crippen LogP contribution in [0.15, 0.2) is 24.3 Å². The number of carbonyl (C=O) groups excluding carboxylic acids is 3. The molecule has 2 fully saturated rings. The van der Waals surface area contributed by atoms with Crippen LogP contribution in [0.5, 0.6) is 0 Å². The van der Waals surface area contributed by atoms with Crippen LogP contribution in [0.2, 0.25) is 0 Å². The lowest BCUT2D eigenvalue weighted by molar-refractivity contribution is -0.144. The Morgan fingerprint density at radius 1 is 1.07 bits per heavy atom. The third-order valence-electron chi connectivity index (χ3n) is 5.90. The molecular weight excluding hydrogens is 387 g/mol. The molecule has 4 amide bonds. The van der Waals surface area contributed by atoms with E-state index in [0.29, 0.717) is 32.6 Å². The second-order valence-corrected chi connectivity index (χ2v) is 8.07. The lowest BCUT2D eigenvalue weighted by Gasteiger charge is -2.39. The molecule has 1 aromatic rings. The maximum atomic E-state index is 13.0. The average molecular weight is 419 g/mol. The molecule has 1 unspecified atom stereocenters. The molecule has 1 atom stereocenters. The van der Waals surface area contributed by atoms with Gasteiger partial charge in [-0.15, -0.1) is 0 Å². The summed E-state index contributed by atoms with van der Waals surface area (Å²) >= 11 is 0. The van der Waals surface area contributed by atoms with Crippen molar-refractivity contribution in [3.05, 3.63) is 35.6 Å². The SMILES string of the molecule is CCCC(NC(=O)NCc1ccc(F)cc1)C(=O)N1CCN(C(=O)C2CCC2)CC1. The molecular formula is C22H31FN4O3. The van der Waals surface area contributed by atoms with Crippen molar-refractivity contribution in [1.29, 1.82) is 0 Å². The predicted molar refractivity (Wildman–Crippen MR) is 111 cm³/mol. The van der Waals surface area contributed by atoms with Gasteiger partial charge in [-0.2, -0.15) is 0 Å². The van der Waals surface area contributed by atoms with E-state index in [1.807, 2.05) is 11.8 Å². The number of amides is 4. The number of benzene rings is 1. The minimum atomic E-state index is -0.600. The van der Waals surface area contributed by atoms with Crippen LogP contribution in [-0.4, -0.2) is 59.9 Å². The summed E-state index contributed by atoms with van der Waals surface area (Å²) in [5.41, 5.74) is 0.775. The lowest BCUT2D eigenvalue weighted by Crippen LogP contribution is -2.57. The molecule has 2 N–H and O–H groups in total. The molecule has 30 heavy (non-hydrogen) atoms. The largest absolute Gasteiger partial charge is 0.339 e. The third-order valence-corrected chi connectivity index (χ3v) is 5.90. The summed E-state index contributed by atoms with van der Waals surface area (Å²) in [5, 5.41) is 5.49. The average Bonchev–Trinajstić information content (AvgIpc) is 2.71. The Morgan fingerprint density at radius 3 is 2.27 bits per heavy atom. The van der Waals surface area contributed by atoms with Gasteiger partial charge in [0.25, 0.3) is 0 Å². The summed E-state index contributed by atoms with van der Waals surface area (Å²) in [5.74, 6) is -0.0425. The van der Waals surface area contributed by atoms with E-state index < -0.39 is 12.1 Å². The fourth-order valence-electron chi connectivity index (χ4n) is 3.82. The summed E-state index contributed by atoms with van der Waals surface area (Å²) in [6, 6.07) is 4.87. The fourth-order valence-corrected chi connectivity index (χ4v) is 3.82. The second kappa shape index (κ2) is 10.4. The number of carbonyl (C=O) groups is 3. The number of nitrogens with one attached hydrogen (secondary N) is 2. The van der Waals surface area contributed by atoms with Gasteiger partial charge in [-0.05, 0) is 37.0 Å². The molecule has 8 heteroatoms. The van der Waals surface area contributed by atoms with Gasteiger partial charge in [0.15, 0.2) is 0 Å². The van der Waals surface area contributed by atoms with Crippen LogP contribution in [0, 0.1) is 11.7 Å². The molecule has 1 aliphatic carbocycles. The van der Waals surface area contributed by atoms with Gasteiger partial charge in [-0.3, -0.25) is 9.59 Å². The van der Waals surface area contributed by atoms with E-state index in [0.717, 1.165) is 31.2 Å². The van der Waals surface area contributed by atoms with Crippen molar-refractivity contribution in [3.63, 3.8) is 0 Å². The van der Waals surface area contributed by atoms with Crippen LogP contribution in [0.4, 0.5) is 9.18 Å². The van der Waals surface area contributed by atoms with E-state index in [9.17, 15) is 18.8 Å². The molecule has 1 aliphatic heterocycles. The van der Waals surface area contributed by atoms with E-state index in [2.05, 4.69) is 10.6 Å². The molecule has 1 aromatic carbocycles. The molecule has 164 valence electrons. The van der Waals surface area contributed by atoms with Gasteiger partial charge in [-0.25, -0.2) is 9.18 Å². The molecule has 0 aromatic heterocycles. The van der Waals surface area contributed by atoms with Crippen molar-refractivity contribution >= 4 is 17.8 Å². The molecule has 3 rings (SSSR count). The van der Waals surface area contributed by atoms with E-state index in [1.165, 1.54) is 12.1 Å². The van der Waals surface area contributed by atoms with Gasteiger partial charge >= 0.3 is 6.03 Å². The Kier molecular flexibility index (Phi) is 7.65. The maximum absolute atomic E-state index is 13.0. The van der Waals surface area contributed by atoms with Gasteiger partial charge in [0, 0.05) is 38.6 Å². The monoisotopic (exact) mass is 418 g/mol. The Labute approximate surface area is 177 Å². The number of nitrogens with zero attached hydrogens (tertiary/aromatic N) is 2. The van der Waals surface area contributed by atoms with Gasteiger partial charge in [0.05, 0.1) is 0 Å². The number of rotatable bonds is 7. The zero-order valence-electron chi connectivity index (χ0n) is 17.5. The van der Waals surface area contributed by atoms with Crippen LogP contribution in [0.25, 0.3) is 0 Å². The third kappa shape index (κ3) is 5.70. The number of hydrogen-bond acceptors (Lipinski definition) is 3. The highest BCUT2D eigenvalue weighted by atomic mass is 19.1. The first-order valence-electron chi connectivity index (χ1n) is 10.8. The molecule has 7 nitrogen and oxygen atoms in total. The zero-order chi connectivity index (χ0) is 21.5. The molecule has 1 saturated heterocycles. The smallest absolute Gasteiger partial charge is 0.315 e. The second-order valence-electron chi connectivity index (χ2n) is 8.07. The molecule has 1 saturated carbocycles. The minimum absolute atomic E-state index is 0.107. The summed E-state index contributed by atoms with van der Waals surface area (Å²) in [6.07, 6.45) is 4.39. The first kappa shape index (κ1) is 22.1. The summed E-state index contributed by atoms with van der Waals surface area (Å²) in [6.45, 7) is 4.31. The van der Waals surface area contributed by atoms with Crippen molar-refractivity contribution in [1.82, 2.24) is 20.4 Å². The van der Waals surface area contributed by atoms with Gasteiger partial charge in [0.2, 0.25) is 11.8 Å². The van der Waals surface area contributed by atoms with E-state index >= 15 is 0 Å². The number of urea groups is 1. The van der Waals surface area contributed by atoms with Gasteiger partial charge < -0.3 is 20.4 Å². The molecule has 2 aliphatic rings. The summed E-state index contributed by atoms with van der Waals surface area (Å²) in [7, 11) is 0. The summed E-state index contributed by atoms with van der Waals surface area (Å²) < 4.78 is 13.0. The Bertz CT molecular complexity index is 743. The first-order valence-corrected chi connectivity index (χ1v) is 10.8. The zero-order valence-corrected chi connectivity index (χ0v) is 17.5. The highest BCUT2D eigenvalue weighted by Gasteiger charge is 2.33. The van der Waals surface area contributed by atoms with E-state index in [-0.39, 0.29) is 30.1 Å². The first-order chi connectivity index (χ1) is 14.5. The normalized spacial score (nSPS) is 17.8. The molecule has 1 heterocycles. The van der Waals surface area contributed by atoms with Crippen LogP contribution < -0.4 is 10.6 Å². The van der Waals surface area contributed by atoms with E-state index in [4.69, 9.17) is 0 Å². The number of halogens is 1. The molecule has 0 spiro atoms. The van der Waals surface area contributed by atoms with Gasteiger partial charge in [0.1, 0.15) is 11.9 Å². The van der Waals surface area contributed by atoms with Crippen molar-refractivity contribution in [2.45, 2.75) is 51.6 Å². The minimum Gasteiger partial charge on any atom is -0.339 e. The fraction of sp³-hybridized carbons (Fsp3) is 0.591. The predicted octanol–water partition coefficient (Wildman–Crippen LogP) is 2.26. The standard InChI is InChI=1S/C22H31FN4O3/c1-2-4-19(25-22(30)24-15-16-7-9-18(23)10-8-16)21(29)27-13-11-26(12-14-27)20(28)17-5-3-6-17/h7-10,17,19H,2-6,11-15H2,1H3,(H2,24,25,30). The highest BCUT2D eigenvalue weighted by Crippen LogP contribution is 2.28. The molecule has 0 bridgehead atoms. The van der Waals surface area contributed by atoms with Crippen LogP contribution in [-0.2, 0) is 16.1 Å². The van der Waals surface area contributed by atoms with Gasteiger partial charge in [-0.1, -0.05) is 31.9 Å². The van der Waals surface area contributed by atoms with Crippen LogP contribution >= 0.6 is 0 Å². The highest BCUT2D eigenvalue weighted by molar-refractivity contribution is 5.87. The Balaban J connectivity index is 1.47. The summed E-state index contributed by atoms with van der Waals surface area (Å²) in [4.78, 5) is 41.2. The van der Waals surface area contributed by atoms with Crippen LogP contribution in [0.1, 0.15) is 44.6 Å². The molecule has 0 radical (unpaired) electrons. The maximum Gasteiger partial charge on any atom is 0.315 e. The number of hydrogen-bond donors (Lipinski definition) is 2. The van der Waals surface area contributed by atoms with Crippen molar-refractivity contribution < 1.29 is 18.8 Å². The van der Waals surface area contributed by atoms with Crippen molar-refractivity contribution in [2.24, 2.45) is 5.92 Å². The van der Waals surface area contributed by atoms with Crippen molar-refractivity contribution in [3.8, 4) is 0 Å². The van der Waals surface area contributed by atoms with E-state index in [1.54, 1.807) is 17.0 Å². The Hall–Kier alpha value is -2.64. The Morgan fingerprint density at radius 2 is 1.70 bits per heavy atom. The topological polar surface area (TPSA) is 81.8 Å².